The lowest BCUT2D eigenvalue weighted by molar-refractivity contribution is -0.278. The molecule has 1 aliphatic rings. The first-order chi connectivity index (χ1) is 16.2. The second kappa shape index (κ2) is 11.1. The van der Waals surface area contributed by atoms with Crippen LogP contribution >= 0.6 is 0 Å². The largest absolute Gasteiger partial charge is 0.508 e. The van der Waals surface area contributed by atoms with Gasteiger partial charge in [-0.2, -0.15) is 0 Å². The Morgan fingerprint density at radius 3 is 2.35 bits per heavy atom. The number of phenolic OH excluding ortho intramolecular Hbond substituents is 1. The van der Waals surface area contributed by atoms with Gasteiger partial charge in [0.15, 0.2) is 17.3 Å². The van der Waals surface area contributed by atoms with Crippen molar-refractivity contribution >= 4 is 17.8 Å². The number of phenols is 1. The molecule has 0 radical (unpaired) electrons. The van der Waals surface area contributed by atoms with Crippen LogP contribution in [0.15, 0.2) is 48.5 Å². The Labute approximate surface area is 195 Å². The lowest BCUT2D eigenvalue weighted by atomic mass is 9.99. The second-order valence-electron chi connectivity index (χ2n) is 7.61. The van der Waals surface area contributed by atoms with E-state index in [0.717, 1.165) is 6.08 Å². The third-order valence-corrected chi connectivity index (χ3v) is 5.18. The Morgan fingerprint density at radius 1 is 1.00 bits per heavy atom. The van der Waals surface area contributed by atoms with Gasteiger partial charge in [-0.15, -0.1) is 0 Å². The molecule has 0 saturated carbocycles. The van der Waals surface area contributed by atoms with Gasteiger partial charge in [0, 0.05) is 11.6 Å². The lowest BCUT2D eigenvalue weighted by Crippen LogP contribution is -2.60. The van der Waals surface area contributed by atoms with Crippen molar-refractivity contribution in [3.05, 3.63) is 59.7 Å². The van der Waals surface area contributed by atoms with E-state index in [1.54, 1.807) is 12.1 Å². The number of carbonyl (C=O) groups excluding carboxylic acids is 2. The quantitative estimate of drug-likeness (QED) is 0.248. The molecule has 1 fully saturated rings. The molecule has 0 amide bonds. The van der Waals surface area contributed by atoms with Crippen molar-refractivity contribution in [1.82, 2.24) is 0 Å². The number of methoxy groups -OCH3 is 1. The summed E-state index contributed by atoms with van der Waals surface area (Å²) < 4.78 is 21.5. The van der Waals surface area contributed by atoms with Crippen LogP contribution in [0, 0.1) is 0 Å². The topological polar surface area (TPSA) is 152 Å². The molecule has 10 nitrogen and oxygen atoms in total. The van der Waals surface area contributed by atoms with Crippen molar-refractivity contribution in [2.24, 2.45) is 0 Å². The normalized spacial score (nSPS) is 24.6. The second-order valence-corrected chi connectivity index (χ2v) is 7.61. The highest BCUT2D eigenvalue weighted by molar-refractivity contribution is 5.94. The van der Waals surface area contributed by atoms with Crippen LogP contribution in [0.2, 0.25) is 0 Å². The first-order valence-corrected chi connectivity index (χ1v) is 10.4. The number of benzene rings is 2. The Balaban J connectivity index is 1.64. The summed E-state index contributed by atoms with van der Waals surface area (Å²) in [5.41, 5.74) is 1.04. The van der Waals surface area contributed by atoms with Crippen LogP contribution in [0.5, 0.6) is 17.2 Å². The van der Waals surface area contributed by atoms with E-state index in [2.05, 4.69) is 0 Å². The summed E-state index contributed by atoms with van der Waals surface area (Å²) in [5.74, 6) is -0.491. The number of carbonyl (C=O) groups is 2. The number of aromatic hydroxyl groups is 1. The van der Waals surface area contributed by atoms with Gasteiger partial charge in [-0.1, -0.05) is 12.1 Å². The number of aliphatic hydroxyl groups is 3. The van der Waals surface area contributed by atoms with Gasteiger partial charge in [-0.3, -0.25) is 4.79 Å². The van der Waals surface area contributed by atoms with Gasteiger partial charge in [-0.25, -0.2) is 4.79 Å². The Morgan fingerprint density at radius 2 is 1.71 bits per heavy atom. The molecular weight excluding hydrogens is 448 g/mol. The van der Waals surface area contributed by atoms with Gasteiger partial charge >= 0.3 is 5.97 Å². The number of hydrogen-bond donors (Lipinski definition) is 4. The standard InChI is InChI=1S/C24H26O10/c1-13(25)15-6-9-17(18(11-15)31-2)33-24-23(30)22(29)21(28)19(34-24)12-32-20(27)10-5-14-3-7-16(26)8-4-14/h3-11,19,21-24,26,28-30H,12H2,1-2H3/t19-,21-,22+,23-,24-/m1/s1. The van der Waals surface area contributed by atoms with Crippen LogP contribution in [0.25, 0.3) is 6.08 Å². The summed E-state index contributed by atoms with van der Waals surface area (Å²) >= 11 is 0. The molecule has 2 aromatic rings. The van der Waals surface area contributed by atoms with Crippen molar-refractivity contribution in [3.8, 4) is 17.2 Å². The number of ether oxygens (including phenoxy) is 4. The molecular formula is C24H26O10. The molecule has 0 spiro atoms. The highest BCUT2D eigenvalue weighted by atomic mass is 16.7. The minimum Gasteiger partial charge on any atom is -0.508 e. The van der Waals surface area contributed by atoms with Crippen LogP contribution in [0.4, 0.5) is 0 Å². The maximum absolute atomic E-state index is 12.0. The van der Waals surface area contributed by atoms with Gasteiger partial charge < -0.3 is 39.4 Å². The predicted octanol–water partition coefficient (Wildman–Crippen LogP) is 1.05. The average Bonchev–Trinajstić information content (AvgIpc) is 2.83. The average molecular weight is 474 g/mol. The molecule has 4 N–H and O–H groups in total. The Kier molecular flexibility index (Phi) is 8.24. The van der Waals surface area contributed by atoms with Gasteiger partial charge in [0.05, 0.1) is 7.11 Å². The molecule has 1 aliphatic heterocycles. The summed E-state index contributed by atoms with van der Waals surface area (Å²) in [6, 6.07) is 10.5. The molecule has 1 heterocycles. The van der Waals surface area contributed by atoms with Gasteiger partial charge in [-0.05, 0) is 48.9 Å². The summed E-state index contributed by atoms with van der Waals surface area (Å²) in [5, 5.41) is 40.1. The van der Waals surface area contributed by atoms with E-state index in [4.69, 9.17) is 18.9 Å². The summed E-state index contributed by atoms with van der Waals surface area (Å²) in [7, 11) is 1.37. The molecule has 182 valence electrons. The molecule has 0 unspecified atom stereocenters. The summed E-state index contributed by atoms with van der Waals surface area (Å²) in [6.07, 6.45) is -4.80. The van der Waals surface area contributed by atoms with E-state index in [1.807, 2.05) is 0 Å². The number of hydrogen-bond acceptors (Lipinski definition) is 10. The molecule has 3 rings (SSSR count). The molecule has 2 aromatic carbocycles. The first-order valence-electron chi connectivity index (χ1n) is 10.4. The van der Waals surface area contributed by atoms with E-state index in [-0.39, 0.29) is 23.0 Å². The van der Waals surface area contributed by atoms with Crippen LogP contribution in [-0.4, -0.2) is 76.6 Å². The van der Waals surface area contributed by atoms with Crippen molar-refractivity contribution in [1.29, 1.82) is 0 Å². The van der Waals surface area contributed by atoms with E-state index < -0.39 is 43.3 Å². The summed E-state index contributed by atoms with van der Waals surface area (Å²) in [4.78, 5) is 23.6. The van der Waals surface area contributed by atoms with Crippen molar-refractivity contribution in [2.45, 2.75) is 37.6 Å². The highest BCUT2D eigenvalue weighted by Crippen LogP contribution is 2.32. The number of Topliss-reactive ketones (excluding diaryl/α,β-unsaturated/α-hetero) is 1. The minimum atomic E-state index is -1.64. The third-order valence-electron chi connectivity index (χ3n) is 5.18. The Bertz CT molecular complexity index is 1030. The van der Waals surface area contributed by atoms with Gasteiger partial charge in [0.1, 0.15) is 36.8 Å². The maximum atomic E-state index is 12.0. The molecule has 10 heteroatoms. The van der Waals surface area contributed by atoms with E-state index in [9.17, 15) is 30.0 Å². The molecule has 0 bridgehead atoms. The van der Waals surface area contributed by atoms with E-state index in [0.29, 0.717) is 11.1 Å². The monoisotopic (exact) mass is 474 g/mol. The summed E-state index contributed by atoms with van der Waals surface area (Å²) in [6.45, 7) is 0.969. The smallest absolute Gasteiger partial charge is 0.330 e. The zero-order valence-corrected chi connectivity index (χ0v) is 18.5. The Hall–Kier alpha value is -3.44. The van der Waals surface area contributed by atoms with Crippen LogP contribution in [0.3, 0.4) is 0 Å². The van der Waals surface area contributed by atoms with Crippen LogP contribution in [0.1, 0.15) is 22.8 Å². The molecule has 1 saturated heterocycles. The number of aliphatic hydroxyl groups excluding tert-OH is 3. The zero-order chi connectivity index (χ0) is 24.8. The van der Waals surface area contributed by atoms with Crippen molar-refractivity contribution in [3.63, 3.8) is 0 Å². The van der Waals surface area contributed by atoms with Gasteiger partial charge in [0.2, 0.25) is 6.29 Å². The molecule has 5 atom stereocenters. The van der Waals surface area contributed by atoms with E-state index in [1.165, 1.54) is 50.4 Å². The SMILES string of the molecule is COc1cc(C(C)=O)ccc1O[C@@H]1O[C@H](COC(=O)C=Cc2ccc(O)cc2)[C@@H](O)[C@H](O)[C@H]1O. The fourth-order valence-corrected chi connectivity index (χ4v) is 3.22. The van der Waals surface area contributed by atoms with Crippen molar-refractivity contribution in [2.75, 3.05) is 13.7 Å². The van der Waals surface area contributed by atoms with Crippen molar-refractivity contribution < 1.29 is 49.0 Å². The minimum absolute atomic E-state index is 0.0908. The van der Waals surface area contributed by atoms with Gasteiger partial charge in [0.25, 0.3) is 0 Å². The first kappa shape index (κ1) is 25.2. The lowest BCUT2D eigenvalue weighted by Gasteiger charge is -2.40. The molecule has 34 heavy (non-hydrogen) atoms. The number of rotatable bonds is 8. The third kappa shape index (κ3) is 6.12. The van der Waals surface area contributed by atoms with Crippen LogP contribution in [-0.2, 0) is 14.3 Å². The molecule has 0 aromatic heterocycles. The van der Waals surface area contributed by atoms with Crippen LogP contribution < -0.4 is 9.47 Å². The maximum Gasteiger partial charge on any atom is 0.330 e. The number of esters is 1. The fraction of sp³-hybridized carbons (Fsp3) is 0.333. The predicted molar refractivity (Wildman–Crippen MR) is 118 cm³/mol. The molecule has 0 aliphatic carbocycles. The highest BCUT2D eigenvalue weighted by Gasteiger charge is 2.45. The van der Waals surface area contributed by atoms with E-state index >= 15 is 0 Å². The number of ketones is 1. The fourth-order valence-electron chi connectivity index (χ4n) is 3.22. The zero-order valence-electron chi connectivity index (χ0n) is 18.5.